The topological polar surface area (TPSA) is 119 Å². The second-order valence-corrected chi connectivity index (χ2v) is 7.72. The molecule has 0 aromatic heterocycles. The van der Waals surface area contributed by atoms with Crippen molar-refractivity contribution in [2.24, 2.45) is 0 Å². The molecule has 2 unspecified atom stereocenters. The summed E-state index contributed by atoms with van der Waals surface area (Å²) < 4.78 is 2.96. The van der Waals surface area contributed by atoms with Gasteiger partial charge >= 0.3 is 11.9 Å². The maximum absolute atomic E-state index is 12.4. The molecule has 0 aliphatic carbocycles. The monoisotopic (exact) mass is 379 g/mol. The Bertz CT molecular complexity index is 735. The number of carbonyl (C=O) groups is 3. The first-order valence-corrected chi connectivity index (χ1v) is 9.19. The molecule has 2 aliphatic rings. The third-order valence-corrected chi connectivity index (χ3v) is 5.79. The fourth-order valence-electron chi connectivity index (χ4n) is 3.26. The van der Waals surface area contributed by atoms with Crippen molar-refractivity contribution in [3.8, 4) is 0 Å². The molecule has 2 amide bonds. The molecule has 2 fully saturated rings. The van der Waals surface area contributed by atoms with Crippen LogP contribution < -0.4 is 5.32 Å². The van der Waals surface area contributed by atoms with Crippen molar-refractivity contribution >= 4 is 29.7 Å². The largest absolute Gasteiger partial charge is 0.612 e. The van der Waals surface area contributed by atoms with Gasteiger partial charge in [-0.05, 0) is 24.5 Å². The summed E-state index contributed by atoms with van der Waals surface area (Å²) in [5, 5.41) is 25.1. The van der Waals surface area contributed by atoms with Gasteiger partial charge in [-0.3, -0.25) is 9.01 Å². The maximum Gasteiger partial charge on any atom is 0.332 e. The molecule has 1 aromatic carbocycles. The van der Waals surface area contributed by atoms with Crippen LogP contribution >= 0.6 is 11.9 Å². The highest BCUT2D eigenvalue weighted by molar-refractivity contribution is 7.94. The Labute approximate surface area is 154 Å². The number of benzene rings is 1. The van der Waals surface area contributed by atoms with Crippen molar-refractivity contribution in [1.29, 1.82) is 0 Å². The molecule has 9 heteroatoms. The first-order valence-electron chi connectivity index (χ1n) is 8.36. The highest BCUT2D eigenvalue weighted by Gasteiger charge is 2.46. The van der Waals surface area contributed by atoms with Gasteiger partial charge in [0.05, 0.1) is 30.2 Å². The van der Waals surface area contributed by atoms with Gasteiger partial charge in [0.25, 0.3) is 0 Å². The first kappa shape index (κ1) is 18.8. The summed E-state index contributed by atoms with van der Waals surface area (Å²) in [4.78, 5) is 35.4. The average Bonchev–Trinajstić information content (AvgIpc) is 3.09. The summed E-state index contributed by atoms with van der Waals surface area (Å²) in [5.41, 5.74) is 0.450. The highest BCUT2D eigenvalue weighted by atomic mass is 32.2. The van der Waals surface area contributed by atoms with Crippen LogP contribution in [0.3, 0.4) is 0 Å². The minimum Gasteiger partial charge on any atom is -0.612 e. The van der Waals surface area contributed by atoms with Crippen molar-refractivity contribution in [3.63, 3.8) is 0 Å². The quantitative estimate of drug-likeness (QED) is 0.359. The molecule has 140 valence electrons. The van der Waals surface area contributed by atoms with Crippen molar-refractivity contribution < 1.29 is 23.3 Å². The average molecular weight is 379 g/mol. The van der Waals surface area contributed by atoms with Crippen molar-refractivity contribution in [2.75, 3.05) is 6.61 Å². The Hall–Kier alpha value is -1.94. The van der Waals surface area contributed by atoms with Gasteiger partial charge in [0.15, 0.2) is 0 Å². The normalized spacial score (nSPS) is 27.4. The lowest BCUT2D eigenvalue weighted by atomic mass is 9.89. The number of hydrogen-bond donors (Lipinski definition) is 1. The van der Waals surface area contributed by atoms with Gasteiger partial charge in [-0.25, -0.2) is 9.59 Å². The predicted octanol–water partition coefficient (Wildman–Crippen LogP) is 1.87. The van der Waals surface area contributed by atoms with E-state index < -0.39 is 26.9 Å². The summed E-state index contributed by atoms with van der Waals surface area (Å²) in [7, 11) is 0. The van der Waals surface area contributed by atoms with Gasteiger partial charge in [-0.15, -0.1) is 0 Å². The molecule has 3 rings (SSSR count). The lowest BCUT2D eigenvalue weighted by Gasteiger charge is -2.36. The highest BCUT2D eigenvalue weighted by Crippen LogP contribution is 2.46. The summed E-state index contributed by atoms with van der Waals surface area (Å²) >= 11 is 0.525. The van der Waals surface area contributed by atoms with Gasteiger partial charge in [-0.1, -0.05) is 24.3 Å². The van der Waals surface area contributed by atoms with Crippen molar-refractivity contribution in [2.45, 2.75) is 43.4 Å². The van der Waals surface area contributed by atoms with Gasteiger partial charge in [0, 0.05) is 12.8 Å². The summed E-state index contributed by atoms with van der Waals surface area (Å²) in [5.74, 6) is -1.53. The van der Waals surface area contributed by atoms with E-state index in [1.807, 2.05) is 0 Å². The smallest absolute Gasteiger partial charge is 0.332 e. The van der Waals surface area contributed by atoms with Gasteiger partial charge < -0.3 is 20.5 Å². The third kappa shape index (κ3) is 3.61. The lowest BCUT2D eigenvalue weighted by molar-refractivity contribution is -0.593. The van der Waals surface area contributed by atoms with Gasteiger partial charge in [0.2, 0.25) is 5.91 Å². The molecule has 0 spiro atoms. The Kier molecular flexibility index (Phi) is 5.07. The number of hydroxylamine groups is 2. The number of carbonyl (C=O) groups excluding carboxylic acids is 3. The first-order chi connectivity index (χ1) is 12.3. The molecule has 0 radical (unpaired) electrons. The zero-order valence-electron chi connectivity index (χ0n) is 14.2. The van der Waals surface area contributed by atoms with Crippen LogP contribution in [0.4, 0.5) is 0 Å². The van der Waals surface area contributed by atoms with E-state index in [0.717, 1.165) is 5.56 Å². The van der Waals surface area contributed by atoms with Crippen LogP contribution in [0.5, 0.6) is 0 Å². The van der Waals surface area contributed by atoms with Crippen LogP contribution in [0, 0.1) is 10.4 Å². The molecular formula is C17H19N2O6S-. The number of rotatable bonds is 5. The molecule has 2 atom stereocenters. The Balaban J connectivity index is 1.75. The minimum absolute atomic E-state index is 0.0974. The molecule has 0 saturated carbocycles. The van der Waals surface area contributed by atoms with E-state index in [4.69, 9.17) is 4.74 Å². The second kappa shape index (κ2) is 6.99. The zero-order chi connectivity index (χ0) is 18.9. The van der Waals surface area contributed by atoms with E-state index in [1.165, 1.54) is 0 Å². The minimum atomic E-state index is -2.16. The Morgan fingerprint density at radius 2 is 2.04 bits per heavy atom. The zero-order valence-corrected chi connectivity index (χ0v) is 15.0. The molecule has 2 heterocycles. The van der Waals surface area contributed by atoms with E-state index >= 15 is 0 Å². The van der Waals surface area contributed by atoms with E-state index in [0.29, 0.717) is 23.9 Å². The summed E-state index contributed by atoms with van der Waals surface area (Å²) in [6.07, 6.45) is 0.827. The van der Waals surface area contributed by atoms with Crippen LogP contribution in [0.15, 0.2) is 24.3 Å². The number of nitrogens with one attached hydrogen (secondary N) is 1. The molecule has 2 saturated heterocycles. The number of ether oxygens (including phenoxy) is 1. The molecular weight excluding hydrogens is 360 g/mol. The lowest BCUT2D eigenvalue weighted by Crippen LogP contribution is -2.51. The fourth-order valence-corrected chi connectivity index (χ4v) is 4.28. The van der Waals surface area contributed by atoms with E-state index in [2.05, 4.69) is 5.32 Å². The summed E-state index contributed by atoms with van der Waals surface area (Å²) in [6, 6.07) is 7.02. The molecule has 2 aliphatic heterocycles. The Morgan fingerprint density at radius 3 is 2.54 bits per heavy atom. The number of quaternary nitrogens is 1. The van der Waals surface area contributed by atoms with Crippen molar-refractivity contribution in [3.05, 3.63) is 45.8 Å². The number of nitrogens with zero attached hydrogens (tertiary/aromatic N) is 1. The van der Waals surface area contributed by atoms with Crippen LogP contribution in [0.25, 0.3) is 0 Å². The third-order valence-electron chi connectivity index (χ3n) is 4.61. The van der Waals surface area contributed by atoms with E-state index in [1.54, 1.807) is 31.2 Å². The van der Waals surface area contributed by atoms with Gasteiger partial charge in [0.1, 0.15) is 5.54 Å². The second-order valence-electron chi connectivity index (χ2n) is 6.46. The number of esters is 1. The predicted molar refractivity (Wildman–Crippen MR) is 93.8 cm³/mol. The molecule has 1 N–H and O–H groups in total. The SMILES string of the molecule is CCOC(=O)C1(Cc2ccc(C3CC(=O)[N+]([O-])([O-])S3)cc2)CCC(=O)N1. The molecule has 1 aromatic rings. The fraction of sp³-hybridized carbons (Fsp3) is 0.471. The molecule has 0 bridgehead atoms. The van der Waals surface area contributed by atoms with E-state index in [-0.39, 0.29) is 31.8 Å². The van der Waals surface area contributed by atoms with Gasteiger partial charge in [-0.2, -0.15) is 0 Å². The number of amides is 2. The molecule has 26 heavy (non-hydrogen) atoms. The molecule has 8 nitrogen and oxygen atoms in total. The Morgan fingerprint density at radius 1 is 1.35 bits per heavy atom. The van der Waals surface area contributed by atoms with E-state index in [9.17, 15) is 24.8 Å². The van der Waals surface area contributed by atoms with Crippen LogP contribution in [-0.2, 0) is 25.5 Å². The number of hydrogen-bond acceptors (Lipinski definition) is 7. The van der Waals surface area contributed by atoms with Crippen LogP contribution in [0.1, 0.15) is 42.6 Å². The van der Waals surface area contributed by atoms with Crippen molar-refractivity contribution in [1.82, 2.24) is 5.32 Å². The maximum atomic E-state index is 12.4. The van der Waals surface area contributed by atoms with Crippen LogP contribution in [0.2, 0.25) is 0 Å². The summed E-state index contributed by atoms with van der Waals surface area (Å²) in [6.45, 7) is 1.94. The van der Waals surface area contributed by atoms with Crippen LogP contribution in [-0.4, -0.2) is 34.1 Å². The standard InChI is InChI=1S/C17H19N2O6S/c1-2-25-16(22)17(8-7-14(20)18-17)10-11-3-5-12(6-4-11)13-9-15(21)19(23,24)26-13/h3-6,13H,2,7-10H2,1H3,(H,18,20)/q-1.